The Morgan fingerprint density at radius 2 is 1.93 bits per heavy atom. The number of nitrogens with zero attached hydrogens (tertiary/aromatic N) is 2. The minimum atomic E-state index is -0.645. The molecule has 1 heterocycles. The topological polar surface area (TPSA) is 55.3 Å². The molecule has 2 aromatic carbocycles. The van der Waals surface area contributed by atoms with Gasteiger partial charge in [-0.25, -0.2) is 0 Å². The Hall–Kier alpha value is -2.51. The fourth-order valence-electron chi connectivity index (χ4n) is 3.61. The van der Waals surface area contributed by atoms with Crippen LogP contribution in [0.5, 0.6) is 5.75 Å². The molecule has 2 aliphatic rings. The molecule has 1 fully saturated rings. The van der Waals surface area contributed by atoms with Crippen LogP contribution in [0.4, 0.5) is 5.69 Å². The first-order chi connectivity index (χ1) is 14.1. The molecule has 1 aliphatic heterocycles. The summed E-state index contributed by atoms with van der Waals surface area (Å²) in [6.07, 6.45) is 4.88. The van der Waals surface area contributed by atoms with Gasteiger partial charge in [0.1, 0.15) is 5.75 Å². The summed E-state index contributed by atoms with van der Waals surface area (Å²) in [6.45, 7) is 0. The summed E-state index contributed by atoms with van der Waals surface area (Å²) in [5, 5.41) is 10.0. The molecule has 0 aromatic heterocycles. The highest BCUT2D eigenvalue weighted by Crippen LogP contribution is 2.40. The SMILES string of the molecule is COc1cccc(NC(=S)ON2C(c3ccc(Cl)cc3)=NOC23CCCCC3)c1. The number of methoxy groups -OCH3 is 1. The van der Waals surface area contributed by atoms with Gasteiger partial charge in [0.2, 0.25) is 11.6 Å². The number of thiocarbonyl (C=S) groups is 1. The molecule has 1 spiro atoms. The summed E-state index contributed by atoms with van der Waals surface area (Å²) >= 11 is 11.5. The summed E-state index contributed by atoms with van der Waals surface area (Å²) in [6, 6.07) is 14.9. The van der Waals surface area contributed by atoms with Crippen LogP contribution in [-0.4, -0.2) is 28.9 Å². The van der Waals surface area contributed by atoms with Crippen molar-refractivity contribution in [3.63, 3.8) is 0 Å². The third-order valence-corrected chi connectivity index (χ3v) is 5.52. The van der Waals surface area contributed by atoms with Gasteiger partial charge in [-0.05, 0) is 61.5 Å². The number of ether oxygens (including phenoxy) is 1. The smallest absolute Gasteiger partial charge is 0.291 e. The maximum Gasteiger partial charge on any atom is 0.291 e. The highest BCUT2D eigenvalue weighted by molar-refractivity contribution is 7.80. The zero-order chi connectivity index (χ0) is 20.3. The Morgan fingerprint density at radius 3 is 2.66 bits per heavy atom. The molecule has 6 nitrogen and oxygen atoms in total. The molecular formula is C21H22ClN3O3S. The summed E-state index contributed by atoms with van der Waals surface area (Å²) in [4.78, 5) is 12.0. The third-order valence-electron chi connectivity index (χ3n) is 5.09. The van der Waals surface area contributed by atoms with E-state index in [4.69, 9.17) is 38.2 Å². The van der Waals surface area contributed by atoms with Gasteiger partial charge in [-0.2, -0.15) is 0 Å². The van der Waals surface area contributed by atoms with Crippen LogP contribution in [0, 0.1) is 0 Å². The second-order valence-corrected chi connectivity index (χ2v) is 7.86. The molecule has 1 N–H and O–H groups in total. The Labute approximate surface area is 180 Å². The first kappa shape index (κ1) is 19.8. The second-order valence-electron chi connectivity index (χ2n) is 7.05. The number of hydroxylamine groups is 2. The lowest BCUT2D eigenvalue weighted by atomic mass is 9.91. The molecule has 2 aromatic rings. The lowest BCUT2D eigenvalue weighted by Crippen LogP contribution is -2.51. The Bertz CT molecular complexity index is 914. The minimum absolute atomic E-state index is 0.204. The lowest BCUT2D eigenvalue weighted by molar-refractivity contribution is -0.217. The molecule has 152 valence electrons. The first-order valence-electron chi connectivity index (χ1n) is 9.55. The van der Waals surface area contributed by atoms with Crippen LogP contribution in [0.1, 0.15) is 37.7 Å². The van der Waals surface area contributed by atoms with Crippen molar-refractivity contribution in [3.05, 3.63) is 59.1 Å². The molecule has 1 aliphatic carbocycles. The minimum Gasteiger partial charge on any atom is -0.497 e. The number of anilines is 1. The van der Waals surface area contributed by atoms with Gasteiger partial charge < -0.3 is 19.7 Å². The lowest BCUT2D eigenvalue weighted by Gasteiger charge is -2.38. The standard InChI is InChI=1S/C21H22ClN3O3S/c1-26-18-7-5-6-17(14-18)23-20(29)27-25-19(15-8-10-16(22)11-9-15)24-28-21(25)12-3-2-4-13-21/h5-11,14H,2-4,12-13H2,1H3,(H,23,29). The average Bonchev–Trinajstić information content (AvgIpc) is 3.06. The van der Waals surface area contributed by atoms with Crippen LogP contribution >= 0.6 is 23.8 Å². The van der Waals surface area contributed by atoms with E-state index in [1.165, 1.54) is 6.42 Å². The van der Waals surface area contributed by atoms with E-state index in [1.54, 1.807) is 12.2 Å². The molecule has 29 heavy (non-hydrogen) atoms. The molecule has 4 rings (SSSR count). The van der Waals surface area contributed by atoms with Crippen molar-refractivity contribution in [1.82, 2.24) is 5.06 Å². The van der Waals surface area contributed by atoms with Crippen LogP contribution in [0.15, 0.2) is 53.7 Å². The second kappa shape index (κ2) is 8.47. The van der Waals surface area contributed by atoms with Gasteiger partial charge in [0.25, 0.3) is 5.17 Å². The number of amidine groups is 1. The number of hydrogen-bond donors (Lipinski definition) is 1. The number of hydrogen-bond acceptors (Lipinski definition) is 6. The van der Waals surface area contributed by atoms with Crippen molar-refractivity contribution >= 4 is 40.5 Å². The molecule has 0 radical (unpaired) electrons. The number of benzene rings is 2. The van der Waals surface area contributed by atoms with Gasteiger partial charge >= 0.3 is 0 Å². The van der Waals surface area contributed by atoms with E-state index < -0.39 is 5.72 Å². The van der Waals surface area contributed by atoms with Gasteiger partial charge in [-0.3, -0.25) is 0 Å². The van der Waals surface area contributed by atoms with Crippen LogP contribution in [0.3, 0.4) is 0 Å². The van der Waals surface area contributed by atoms with Gasteiger partial charge in [-0.15, -0.1) is 5.06 Å². The molecule has 0 bridgehead atoms. The quantitative estimate of drug-likeness (QED) is 0.660. The van der Waals surface area contributed by atoms with E-state index in [1.807, 2.05) is 48.5 Å². The van der Waals surface area contributed by atoms with Crippen molar-refractivity contribution in [2.24, 2.45) is 5.16 Å². The average molecular weight is 432 g/mol. The molecular weight excluding hydrogens is 410 g/mol. The zero-order valence-corrected chi connectivity index (χ0v) is 17.6. The van der Waals surface area contributed by atoms with E-state index in [-0.39, 0.29) is 5.17 Å². The molecule has 8 heteroatoms. The third kappa shape index (κ3) is 4.26. The van der Waals surface area contributed by atoms with Crippen LogP contribution < -0.4 is 10.1 Å². The number of rotatable bonds is 4. The van der Waals surface area contributed by atoms with Crippen molar-refractivity contribution in [3.8, 4) is 5.75 Å². The summed E-state index contributed by atoms with van der Waals surface area (Å²) < 4.78 is 5.26. The number of nitrogens with one attached hydrogen (secondary N) is 1. The maximum absolute atomic E-state index is 6.10. The number of halogens is 1. The van der Waals surface area contributed by atoms with Gasteiger partial charge in [0, 0.05) is 35.2 Å². The predicted octanol–water partition coefficient (Wildman–Crippen LogP) is 5.33. The highest BCUT2D eigenvalue weighted by Gasteiger charge is 2.49. The van der Waals surface area contributed by atoms with E-state index in [9.17, 15) is 0 Å². The fourth-order valence-corrected chi connectivity index (χ4v) is 3.93. The molecule has 0 amide bonds. The normalized spacial score (nSPS) is 17.4. The predicted molar refractivity (Wildman–Crippen MR) is 117 cm³/mol. The van der Waals surface area contributed by atoms with E-state index in [0.29, 0.717) is 10.9 Å². The van der Waals surface area contributed by atoms with Crippen molar-refractivity contribution in [2.45, 2.75) is 37.8 Å². The van der Waals surface area contributed by atoms with E-state index >= 15 is 0 Å². The van der Waals surface area contributed by atoms with Gasteiger partial charge in [0.05, 0.1) is 7.11 Å². The monoisotopic (exact) mass is 431 g/mol. The largest absolute Gasteiger partial charge is 0.497 e. The summed E-state index contributed by atoms with van der Waals surface area (Å²) in [5.74, 6) is 1.31. The van der Waals surface area contributed by atoms with Crippen molar-refractivity contribution in [1.29, 1.82) is 0 Å². The fraction of sp³-hybridized carbons (Fsp3) is 0.333. The van der Waals surface area contributed by atoms with Crippen molar-refractivity contribution < 1.29 is 14.4 Å². The van der Waals surface area contributed by atoms with Gasteiger partial charge in [-0.1, -0.05) is 29.2 Å². The zero-order valence-electron chi connectivity index (χ0n) is 16.1. The Morgan fingerprint density at radius 1 is 1.17 bits per heavy atom. The Balaban J connectivity index is 1.56. The molecule has 1 saturated carbocycles. The summed E-state index contributed by atoms with van der Waals surface area (Å²) in [7, 11) is 1.62. The Kier molecular flexibility index (Phi) is 5.78. The number of oxime groups is 1. The van der Waals surface area contributed by atoms with Crippen LogP contribution in [0.2, 0.25) is 5.02 Å². The van der Waals surface area contributed by atoms with Gasteiger partial charge in [0.15, 0.2) is 0 Å². The maximum atomic E-state index is 6.10. The van der Waals surface area contributed by atoms with E-state index in [0.717, 1.165) is 42.7 Å². The summed E-state index contributed by atoms with van der Waals surface area (Å²) in [5.41, 5.74) is 0.978. The molecule has 0 unspecified atom stereocenters. The van der Waals surface area contributed by atoms with Crippen molar-refractivity contribution in [2.75, 3.05) is 12.4 Å². The van der Waals surface area contributed by atoms with E-state index in [2.05, 4.69) is 10.5 Å². The van der Waals surface area contributed by atoms with Crippen LogP contribution in [-0.2, 0) is 9.68 Å². The molecule has 0 saturated heterocycles. The first-order valence-corrected chi connectivity index (χ1v) is 10.3. The van der Waals surface area contributed by atoms with Crippen LogP contribution in [0.25, 0.3) is 0 Å². The highest BCUT2D eigenvalue weighted by atomic mass is 35.5. The molecule has 0 atom stereocenters.